The molecule has 0 atom stereocenters. The first kappa shape index (κ1) is 14.3. The van der Waals surface area contributed by atoms with Crippen LogP contribution >= 0.6 is 0 Å². The average molecular weight is 288 g/mol. The van der Waals surface area contributed by atoms with Gasteiger partial charge in [0, 0.05) is 36.9 Å². The fourth-order valence-electron chi connectivity index (χ4n) is 2.37. The van der Waals surface area contributed by atoms with Gasteiger partial charge in [-0.15, -0.1) is 0 Å². The van der Waals surface area contributed by atoms with Gasteiger partial charge in [-0.05, 0) is 53.9 Å². The summed E-state index contributed by atoms with van der Waals surface area (Å²) in [6.45, 7) is 2.91. The van der Waals surface area contributed by atoms with Crippen LogP contribution in [-0.4, -0.2) is 9.97 Å². The smallest absolute Gasteiger partial charge is 0.141 e. The third-order valence-electron chi connectivity index (χ3n) is 3.57. The third kappa shape index (κ3) is 3.31. The van der Waals surface area contributed by atoms with E-state index in [0.29, 0.717) is 0 Å². The summed E-state index contributed by atoms with van der Waals surface area (Å²) < 4.78 is 0. The minimum atomic E-state index is 0.739. The number of hydrogen-bond acceptors (Lipinski definition) is 3. The van der Waals surface area contributed by atoms with Crippen molar-refractivity contribution >= 4 is 11.5 Å². The highest BCUT2D eigenvalue weighted by molar-refractivity contribution is 5.60. The Labute approximate surface area is 131 Å². The summed E-state index contributed by atoms with van der Waals surface area (Å²) in [5, 5.41) is 0. The first-order valence-corrected chi connectivity index (χ1v) is 7.45. The van der Waals surface area contributed by atoms with Crippen LogP contribution in [0.5, 0.6) is 0 Å². The zero-order valence-corrected chi connectivity index (χ0v) is 12.6. The minimum absolute atomic E-state index is 0.739. The number of benzene rings is 1. The molecule has 0 saturated carbocycles. The van der Waals surface area contributed by atoms with Crippen LogP contribution in [0, 0.1) is 6.07 Å². The largest absolute Gasteiger partial charge is 0.321 e. The Bertz CT molecular complexity index is 711. The highest BCUT2D eigenvalue weighted by Crippen LogP contribution is 2.26. The first-order valence-electron chi connectivity index (χ1n) is 7.45. The number of nitrogens with zero attached hydrogens (tertiary/aromatic N) is 3. The molecule has 0 unspecified atom stereocenters. The van der Waals surface area contributed by atoms with Gasteiger partial charge >= 0.3 is 0 Å². The van der Waals surface area contributed by atoms with Crippen molar-refractivity contribution in [1.82, 2.24) is 9.97 Å². The van der Waals surface area contributed by atoms with Crippen LogP contribution in [0.15, 0.2) is 67.1 Å². The summed E-state index contributed by atoms with van der Waals surface area (Å²) in [5.74, 6) is 0.826. The second kappa shape index (κ2) is 6.85. The Morgan fingerprint density at radius 2 is 1.86 bits per heavy atom. The van der Waals surface area contributed by atoms with Crippen LogP contribution in [0.4, 0.5) is 11.5 Å². The molecule has 0 fully saturated rings. The Balaban J connectivity index is 1.99. The molecule has 1 radical (unpaired) electrons. The van der Waals surface area contributed by atoms with E-state index in [1.165, 1.54) is 11.1 Å². The van der Waals surface area contributed by atoms with E-state index in [4.69, 9.17) is 0 Å². The summed E-state index contributed by atoms with van der Waals surface area (Å²) in [6, 6.07) is 19.6. The fraction of sp³-hybridized carbons (Fsp3) is 0.158. The Hall–Kier alpha value is -2.68. The highest BCUT2D eigenvalue weighted by Gasteiger charge is 2.11. The second-order valence-corrected chi connectivity index (χ2v) is 5.07. The monoisotopic (exact) mass is 288 g/mol. The number of hydrogen-bond donors (Lipinski definition) is 0. The van der Waals surface area contributed by atoms with Crippen LogP contribution in [0.25, 0.3) is 0 Å². The van der Waals surface area contributed by atoms with E-state index in [9.17, 15) is 0 Å². The van der Waals surface area contributed by atoms with E-state index >= 15 is 0 Å². The Morgan fingerprint density at radius 1 is 1.00 bits per heavy atom. The van der Waals surface area contributed by atoms with E-state index in [0.717, 1.165) is 24.5 Å². The lowest BCUT2D eigenvalue weighted by Crippen LogP contribution is -2.17. The van der Waals surface area contributed by atoms with Gasteiger partial charge in [0.15, 0.2) is 0 Å². The zero-order chi connectivity index (χ0) is 15.2. The fourth-order valence-corrected chi connectivity index (χ4v) is 2.37. The van der Waals surface area contributed by atoms with Crippen molar-refractivity contribution in [3.05, 3.63) is 84.3 Å². The molecule has 2 heterocycles. The van der Waals surface area contributed by atoms with Gasteiger partial charge in [0.05, 0.1) is 0 Å². The Kier molecular flexibility index (Phi) is 4.44. The van der Waals surface area contributed by atoms with Crippen LogP contribution in [0.1, 0.15) is 18.1 Å². The maximum Gasteiger partial charge on any atom is 0.141 e. The molecule has 0 aliphatic carbocycles. The number of anilines is 2. The SMILES string of the molecule is CCc1cccc(N(Cc2ccncc2)c2[c]cccn2)c1. The van der Waals surface area contributed by atoms with Crippen molar-refractivity contribution < 1.29 is 0 Å². The molecule has 3 heteroatoms. The number of rotatable bonds is 5. The molecule has 0 saturated heterocycles. The van der Waals surface area contributed by atoms with Crippen molar-refractivity contribution in [2.45, 2.75) is 19.9 Å². The topological polar surface area (TPSA) is 29.0 Å². The molecular weight excluding hydrogens is 270 g/mol. The van der Waals surface area contributed by atoms with Gasteiger partial charge in [0.25, 0.3) is 0 Å². The normalized spacial score (nSPS) is 10.4. The quantitative estimate of drug-likeness (QED) is 0.705. The van der Waals surface area contributed by atoms with Crippen LogP contribution in [0.3, 0.4) is 0 Å². The van der Waals surface area contributed by atoms with E-state index in [1.54, 1.807) is 6.20 Å². The predicted octanol–water partition coefficient (Wildman–Crippen LogP) is 4.18. The maximum absolute atomic E-state index is 4.46. The van der Waals surface area contributed by atoms with Crippen molar-refractivity contribution in [1.29, 1.82) is 0 Å². The third-order valence-corrected chi connectivity index (χ3v) is 3.57. The molecule has 1 aromatic carbocycles. The number of aryl methyl sites for hydroxylation is 1. The lowest BCUT2D eigenvalue weighted by atomic mass is 10.1. The molecule has 0 amide bonds. The first-order chi connectivity index (χ1) is 10.9. The predicted molar refractivity (Wildman–Crippen MR) is 89.0 cm³/mol. The van der Waals surface area contributed by atoms with Gasteiger partial charge in [0.2, 0.25) is 0 Å². The van der Waals surface area contributed by atoms with Crippen molar-refractivity contribution in [3.8, 4) is 0 Å². The van der Waals surface area contributed by atoms with Gasteiger partial charge in [0.1, 0.15) is 5.82 Å². The van der Waals surface area contributed by atoms with Crippen LogP contribution in [-0.2, 0) is 13.0 Å². The molecule has 3 rings (SSSR count). The van der Waals surface area contributed by atoms with E-state index in [-0.39, 0.29) is 0 Å². The molecule has 0 aliphatic heterocycles. The molecule has 3 nitrogen and oxygen atoms in total. The Morgan fingerprint density at radius 3 is 2.59 bits per heavy atom. The summed E-state index contributed by atoms with van der Waals surface area (Å²) in [5.41, 5.74) is 3.63. The van der Waals surface area contributed by atoms with E-state index in [1.807, 2.05) is 36.7 Å². The van der Waals surface area contributed by atoms with E-state index in [2.05, 4.69) is 52.1 Å². The molecule has 109 valence electrons. The molecule has 0 N–H and O–H groups in total. The van der Waals surface area contributed by atoms with Gasteiger partial charge in [-0.1, -0.05) is 19.1 Å². The highest BCUT2D eigenvalue weighted by atomic mass is 15.2. The molecular formula is C19H18N3. The lowest BCUT2D eigenvalue weighted by molar-refractivity contribution is 0.939. The minimum Gasteiger partial charge on any atom is -0.321 e. The van der Waals surface area contributed by atoms with Gasteiger partial charge in [-0.25, -0.2) is 4.98 Å². The van der Waals surface area contributed by atoms with Gasteiger partial charge in [-0.3, -0.25) is 4.98 Å². The molecule has 0 spiro atoms. The second-order valence-electron chi connectivity index (χ2n) is 5.07. The molecule has 3 aromatic rings. The summed E-state index contributed by atoms with van der Waals surface area (Å²) >= 11 is 0. The number of aromatic nitrogens is 2. The van der Waals surface area contributed by atoms with Crippen LogP contribution in [0.2, 0.25) is 0 Å². The molecule has 2 aromatic heterocycles. The lowest BCUT2D eigenvalue weighted by Gasteiger charge is -2.24. The summed E-state index contributed by atoms with van der Waals surface area (Å²) in [4.78, 5) is 10.7. The maximum atomic E-state index is 4.46. The molecule has 0 aliphatic rings. The summed E-state index contributed by atoms with van der Waals surface area (Å²) in [7, 11) is 0. The molecule has 0 bridgehead atoms. The van der Waals surface area contributed by atoms with Gasteiger partial charge in [-0.2, -0.15) is 0 Å². The average Bonchev–Trinajstić information content (AvgIpc) is 2.61. The van der Waals surface area contributed by atoms with Crippen molar-refractivity contribution in [3.63, 3.8) is 0 Å². The number of pyridine rings is 2. The van der Waals surface area contributed by atoms with E-state index < -0.39 is 0 Å². The van der Waals surface area contributed by atoms with Crippen LogP contribution < -0.4 is 4.90 Å². The van der Waals surface area contributed by atoms with Crippen molar-refractivity contribution in [2.75, 3.05) is 4.90 Å². The van der Waals surface area contributed by atoms with Gasteiger partial charge < -0.3 is 4.90 Å². The van der Waals surface area contributed by atoms with Crippen molar-refractivity contribution in [2.24, 2.45) is 0 Å². The summed E-state index contributed by atoms with van der Waals surface area (Å²) in [6.07, 6.45) is 6.45. The standard InChI is InChI=1S/C19H18N3/c1-2-16-6-5-7-18(14-16)22(19-8-3-4-11-21-19)15-17-9-12-20-13-10-17/h3-7,9-14H,2,15H2,1H3. The molecule has 22 heavy (non-hydrogen) atoms. The zero-order valence-electron chi connectivity index (χ0n) is 12.6.